The number of nitrogens with two attached hydrogens (primary N) is 1. The van der Waals surface area contributed by atoms with E-state index in [-0.39, 0.29) is 34.5 Å². The van der Waals surface area contributed by atoms with Crippen molar-refractivity contribution in [2.75, 3.05) is 19.8 Å². The lowest BCUT2D eigenvalue weighted by Gasteiger charge is -2.21. The second kappa shape index (κ2) is 12.7. The fraction of sp³-hybridized carbons (Fsp3) is 0.391. The average molecular weight is 597 g/mol. The van der Waals surface area contributed by atoms with E-state index in [2.05, 4.69) is 14.7 Å². The molecule has 39 heavy (non-hydrogen) atoms. The summed E-state index contributed by atoms with van der Waals surface area (Å²) in [6, 6.07) is 6.73. The van der Waals surface area contributed by atoms with Gasteiger partial charge in [-0.05, 0) is 56.5 Å². The highest BCUT2D eigenvalue weighted by molar-refractivity contribution is 7.46. The Bertz CT molecular complexity index is 1300. The minimum Gasteiger partial charge on any atom is -0.493 e. The van der Waals surface area contributed by atoms with E-state index in [1.54, 1.807) is 0 Å². The van der Waals surface area contributed by atoms with Crippen LogP contribution in [0.25, 0.3) is 10.6 Å². The SMILES string of the molecule is C[C@](N)(COP(=O)(O)O)c1nnc(-c2ccc(OCCCCCOc3c(F)cccc3F)c(C(F)(F)F)c2)s1. The van der Waals surface area contributed by atoms with Gasteiger partial charge in [0.15, 0.2) is 17.4 Å². The number of nitrogens with zero attached hydrogens (tertiary/aromatic N) is 2. The van der Waals surface area contributed by atoms with Crippen LogP contribution in [-0.2, 0) is 20.8 Å². The predicted octanol–water partition coefficient (Wildman–Crippen LogP) is 5.41. The van der Waals surface area contributed by atoms with E-state index < -0.39 is 49.1 Å². The molecule has 3 aromatic rings. The summed E-state index contributed by atoms with van der Waals surface area (Å²) in [5.41, 5.74) is 3.60. The van der Waals surface area contributed by atoms with Crippen LogP contribution in [0.15, 0.2) is 36.4 Å². The molecule has 0 saturated carbocycles. The van der Waals surface area contributed by atoms with Gasteiger partial charge < -0.3 is 25.0 Å². The van der Waals surface area contributed by atoms with Crippen molar-refractivity contribution in [3.05, 3.63) is 58.6 Å². The molecule has 0 bridgehead atoms. The molecule has 0 amide bonds. The van der Waals surface area contributed by atoms with Crippen molar-refractivity contribution in [3.63, 3.8) is 0 Å². The maximum Gasteiger partial charge on any atom is 0.469 e. The third-order valence-corrected chi connectivity index (χ3v) is 6.91. The second-order valence-electron chi connectivity index (χ2n) is 8.61. The van der Waals surface area contributed by atoms with E-state index in [1.165, 1.54) is 19.1 Å². The number of hydrogen-bond donors (Lipinski definition) is 3. The predicted molar refractivity (Wildman–Crippen MR) is 131 cm³/mol. The first-order valence-corrected chi connectivity index (χ1v) is 13.8. The van der Waals surface area contributed by atoms with Gasteiger partial charge in [0.1, 0.15) is 15.8 Å². The van der Waals surface area contributed by atoms with Crippen molar-refractivity contribution in [1.29, 1.82) is 0 Å². The summed E-state index contributed by atoms with van der Waals surface area (Å²) in [5.74, 6) is -2.51. The van der Waals surface area contributed by atoms with Gasteiger partial charge in [-0.25, -0.2) is 13.3 Å². The van der Waals surface area contributed by atoms with Crippen molar-refractivity contribution in [2.24, 2.45) is 5.73 Å². The molecule has 0 spiro atoms. The Labute approximate surface area is 224 Å². The largest absolute Gasteiger partial charge is 0.493 e. The zero-order chi connectivity index (χ0) is 28.8. The van der Waals surface area contributed by atoms with Gasteiger partial charge in [-0.15, -0.1) is 10.2 Å². The number of alkyl halides is 3. The zero-order valence-corrected chi connectivity index (χ0v) is 22.2. The summed E-state index contributed by atoms with van der Waals surface area (Å²) in [7, 11) is -4.79. The van der Waals surface area contributed by atoms with Gasteiger partial charge in [-0.1, -0.05) is 17.4 Å². The third-order valence-electron chi connectivity index (χ3n) is 5.19. The lowest BCUT2D eigenvalue weighted by Crippen LogP contribution is -2.37. The zero-order valence-electron chi connectivity index (χ0n) is 20.5. The van der Waals surface area contributed by atoms with Crippen molar-refractivity contribution in [3.8, 4) is 22.1 Å². The van der Waals surface area contributed by atoms with Crippen molar-refractivity contribution >= 4 is 19.2 Å². The van der Waals surface area contributed by atoms with Crippen LogP contribution in [0.5, 0.6) is 11.5 Å². The highest BCUT2D eigenvalue weighted by Gasteiger charge is 2.35. The molecule has 0 unspecified atom stereocenters. The van der Waals surface area contributed by atoms with E-state index in [0.29, 0.717) is 19.3 Å². The summed E-state index contributed by atoms with van der Waals surface area (Å²) in [4.78, 5) is 17.7. The quantitative estimate of drug-likeness (QED) is 0.134. The third kappa shape index (κ3) is 8.92. The molecule has 9 nitrogen and oxygen atoms in total. The van der Waals surface area contributed by atoms with Crippen LogP contribution in [0, 0.1) is 11.6 Å². The fourth-order valence-electron chi connectivity index (χ4n) is 3.22. The molecule has 1 heterocycles. The number of hydrogen-bond acceptors (Lipinski definition) is 8. The van der Waals surface area contributed by atoms with Gasteiger partial charge in [-0.2, -0.15) is 13.2 Å². The summed E-state index contributed by atoms with van der Waals surface area (Å²) >= 11 is 0.851. The Morgan fingerprint density at radius 3 is 2.26 bits per heavy atom. The molecule has 3 rings (SSSR count). The molecule has 0 saturated heterocycles. The molecule has 1 atom stereocenters. The van der Waals surface area contributed by atoms with Crippen LogP contribution in [0.2, 0.25) is 0 Å². The monoisotopic (exact) mass is 597 g/mol. The van der Waals surface area contributed by atoms with Crippen LogP contribution in [0.1, 0.15) is 36.8 Å². The van der Waals surface area contributed by atoms with Gasteiger partial charge in [0.05, 0.1) is 30.9 Å². The number of benzene rings is 2. The molecule has 4 N–H and O–H groups in total. The first-order chi connectivity index (χ1) is 18.2. The summed E-state index contributed by atoms with van der Waals surface area (Å²) in [6.45, 7) is 0.774. The number of unbranched alkanes of at least 4 members (excludes halogenated alkanes) is 2. The standard InChI is InChI=1S/C23H25F5N3O6PS/c1-22(29,13-37-38(32,33)34)21-31-30-20(39-21)14-8-9-18(15(12-14)23(26,27)28)35-10-3-2-4-11-36-19-16(24)6-5-7-17(19)25/h5-9,12H,2-4,10-11,13,29H2,1H3,(H2,32,33,34)/t22-/m0/s1. The normalized spacial score (nSPS) is 13.8. The van der Waals surface area contributed by atoms with Crippen LogP contribution in [-0.4, -0.2) is 39.8 Å². The first kappa shape index (κ1) is 30.9. The number of halogens is 5. The highest BCUT2D eigenvalue weighted by atomic mass is 32.1. The second-order valence-corrected chi connectivity index (χ2v) is 10.8. The summed E-state index contributed by atoms with van der Waals surface area (Å²) in [5, 5.41) is 7.90. The Kier molecular flexibility index (Phi) is 10.0. The summed E-state index contributed by atoms with van der Waals surface area (Å²) < 4.78 is 94.2. The molecule has 0 aliphatic heterocycles. The number of aromatic nitrogens is 2. The van der Waals surface area contributed by atoms with Gasteiger partial charge in [-0.3, -0.25) is 4.52 Å². The van der Waals surface area contributed by atoms with Gasteiger partial charge in [0, 0.05) is 5.56 Å². The van der Waals surface area contributed by atoms with E-state index in [0.717, 1.165) is 35.6 Å². The Morgan fingerprint density at radius 2 is 1.64 bits per heavy atom. The summed E-state index contributed by atoms with van der Waals surface area (Å²) in [6.07, 6.45) is -3.49. The molecule has 214 valence electrons. The Hall–Kier alpha value is -2.68. The molecule has 0 aliphatic carbocycles. The lowest BCUT2D eigenvalue weighted by atomic mass is 10.1. The number of para-hydroxylation sites is 1. The van der Waals surface area contributed by atoms with Crippen LogP contribution in [0.4, 0.5) is 22.0 Å². The van der Waals surface area contributed by atoms with Crippen LogP contribution >= 0.6 is 19.2 Å². The van der Waals surface area contributed by atoms with E-state index in [4.69, 9.17) is 25.0 Å². The van der Waals surface area contributed by atoms with Crippen molar-refractivity contribution < 1.29 is 50.3 Å². The number of phosphoric ester groups is 1. The van der Waals surface area contributed by atoms with E-state index >= 15 is 0 Å². The van der Waals surface area contributed by atoms with Gasteiger partial charge >= 0.3 is 14.0 Å². The molecule has 2 aromatic carbocycles. The molecule has 1 aromatic heterocycles. The fourth-order valence-corrected chi connectivity index (χ4v) is 4.54. The van der Waals surface area contributed by atoms with Crippen molar-refractivity contribution in [1.82, 2.24) is 10.2 Å². The topological polar surface area (TPSA) is 137 Å². The number of ether oxygens (including phenoxy) is 2. The number of rotatable bonds is 13. The molecule has 16 heteroatoms. The maximum absolute atomic E-state index is 13.8. The molecular formula is C23H25F5N3O6PS. The van der Waals surface area contributed by atoms with Crippen LogP contribution in [0.3, 0.4) is 0 Å². The first-order valence-electron chi connectivity index (χ1n) is 11.4. The Balaban J connectivity index is 1.59. The smallest absolute Gasteiger partial charge is 0.469 e. The van der Waals surface area contributed by atoms with E-state index in [9.17, 15) is 26.5 Å². The van der Waals surface area contributed by atoms with Gasteiger partial charge in [0.2, 0.25) is 0 Å². The molecule has 0 fully saturated rings. The minimum atomic E-state index is -4.79. The van der Waals surface area contributed by atoms with Crippen LogP contribution < -0.4 is 15.2 Å². The maximum atomic E-state index is 13.8. The minimum absolute atomic E-state index is 0.0253. The van der Waals surface area contributed by atoms with Gasteiger partial charge in [0.25, 0.3) is 0 Å². The lowest BCUT2D eigenvalue weighted by molar-refractivity contribution is -0.138. The van der Waals surface area contributed by atoms with E-state index in [1.807, 2.05) is 0 Å². The van der Waals surface area contributed by atoms with Crippen molar-refractivity contribution in [2.45, 2.75) is 37.9 Å². The molecule has 0 radical (unpaired) electrons. The molecule has 0 aliphatic rings. The Morgan fingerprint density at radius 1 is 1.00 bits per heavy atom. The average Bonchev–Trinajstić information content (AvgIpc) is 3.34. The highest BCUT2D eigenvalue weighted by Crippen LogP contribution is 2.41. The number of phosphoric acid groups is 1. The molecular weight excluding hydrogens is 572 g/mol.